The number of aromatic nitrogens is 2. The lowest BCUT2D eigenvalue weighted by Crippen LogP contribution is -2.12. The molecule has 5 nitrogen and oxygen atoms in total. The Balaban J connectivity index is 3.23. The maximum absolute atomic E-state index is 10.8. The second-order valence-corrected chi connectivity index (χ2v) is 3.97. The zero-order valence-corrected chi connectivity index (χ0v) is 7.80. The van der Waals surface area contributed by atoms with Crippen LogP contribution < -0.4 is 5.14 Å². The number of hydrogen-bond acceptors (Lipinski definition) is 3. The summed E-state index contributed by atoms with van der Waals surface area (Å²) < 4.78 is 23.4. The topological polar surface area (TPSA) is 78.0 Å². The zero-order chi connectivity index (χ0) is 9.35. The van der Waals surface area contributed by atoms with E-state index in [1.54, 1.807) is 11.5 Å². The van der Waals surface area contributed by atoms with Gasteiger partial charge in [0.25, 0.3) is 10.0 Å². The fourth-order valence-electron chi connectivity index (χ4n) is 0.936. The Morgan fingerprint density at radius 1 is 1.67 bits per heavy atom. The number of hydrogen-bond donors (Lipinski definition) is 1. The molecular formula is C6H11N3O2S. The summed E-state index contributed by atoms with van der Waals surface area (Å²) in [5, 5.41) is 4.82. The van der Waals surface area contributed by atoms with Crippen molar-refractivity contribution in [2.75, 3.05) is 0 Å². The molecule has 0 unspecified atom stereocenters. The van der Waals surface area contributed by atoms with Crippen molar-refractivity contribution in [1.82, 2.24) is 9.55 Å². The number of imidazole rings is 1. The third kappa shape index (κ3) is 1.64. The molecule has 1 heterocycles. The Kier molecular flexibility index (Phi) is 2.20. The molecule has 0 aliphatic heterocycles. The Hall–Kier alpha value is -0.880. The second-order valence-electron chi connectivity index (χ2n) is 2.46. The van der Waals surface area contributed by atoms with E-state index in [4.69, 9.17) is 5.14 Å². The van der Waals surface area contributed by atoms with Gasteiger partial charge in [0.05, 0.1) is 0 Å². The number of aryl methyl sites for hydroxylation is 2. The van der Waals surface area contributed by atoms with Crippen LogP contribution >= 0.6 is 0 Å². The molecule has 0 atom stereocenters. The number of rotatable bonds is 2. The van der Waals surface area contributed by atoms with E-state index in [0.717, 1.165) is 0 Å². The first-order valence-electron chi connectivity index (χ1n) is 3.51. The van der Waals surface area contributed by atoms with Crippen LogP contribution in [0.25, 0.3) is 0 Å². The van der Waals surface area contributed by atoms with E-state index < -0.39 is 10.0 Å². The largest absolute Gasteiger partial charge is 0.334 e. The van der Waals surface area contributed by atoms with E-state index in [1.165, 1.54) is 6.20 Å². The van der Waals surface area contributed by atoms with E-state index in [2.05, 4.69) is 4.98 Å². The normalized spacial score (nSPS) is 11.9. The van der Waals surface area contributed by atoms with Gasteiger partial charge >= 0.3 is 0 Å². The molecule has 1 aromatic heterocycles. The molecule has 1 aromatic rings. The van der Waals surface area contributed by atoms with Crippen molar-refractivity contribution in [2.45, 2.75) is 25.4 Å². The van der Waals surface area contributed by atoms with E-state index in [9.17, 15) is 8.42 Å². The van der Waals surface area contributed by atoms with Crippen LogP contribution in [0, 0.1) is 6.92 Å². The molecule has 0 saturated heterocycles. The van der Waals surface area contributed by atoms with E-state index >= 15 is 0 Å². The molecule has 0 fully saturated rings. The van der Waals surface area contributed by atoms with E-state index in [-0.39, 0.29) is 5.03 Å². The molecular weight excluding hydrogens is 178 g/mol. The molecule has 0 radical (unpaired) electrons. The molecule has 0 aliphatic carbocycles. The number of nitrogens with two attached hydrogens (primary N) is 1. The lowest BCUT2D eigenvalue weighted by molar-refractivity contribution is 0.594. The van der Waals surface area contributed by atoms with Crippen molar-refractivity contribution in [3.63, 3.8) is 0 Å². The lowest BCUT2D eigenvalue weighted by Gasteiger charge is -1.95. The highest BCUT2D eigenvalue weighted by Crippen LogP contribution is 2.06. The van der Waals surface area contributed by atoms with Gasteiger partial charge in [-0.15, -0.1) is 0 Å². The van der Waals surface area contributed by atoms with Crippen LogP contribution in [0.4, 0.5) is 0 Å². The van der Waals surface area contributed by atoms with Crippen LogP contribution in [0.2, 0.25) is 0 Å². The van der Waals surface area contributed by atoms with Crippen molar-refractivity contribution < 1.29 is 8.42 Å². The minimum absolute atomic E-state index is 0.0677. The van der Waals surface area contributed by atoms with Crippen molar-refractivity contribution in [2.24, 2.45) is 5.14 Å². The van der Waals surface area contributed by atoms with Gasteiger partial charge in [0, 0.05) is 12.7 Å². The van der Waals surface area contributed by atoms with Gasteiger partial charge in [0.15, 0.2) is 5.03 Å². The maximum Gasteiger partial charge on any atom is 0.257 e. The fourth-order valence-corrected chi connectivity index (χ4v) is 1.47. The SMILES string of the molecule is CCn1cc(S(N)(=O)=O)nc1C. The van der Waals surface area contributed by atoms with Gasteiger partial charge in [-0.1, -0.05) is 0 Å². The minimum atomic E-state index is -3.65. The van der Waals surface area contributed by atoms with Gasteiger partial charge in [-0.3, -0.25) is 0 Å². The van der Waals surface area contributed by atoms with Gasteiger partial charge in [-0.25, -0.2) is 18.5 Å². The number of nitrogens with zero attached hydrogens (tertiary/aromatic N) is 2. The van der Waals surface area contributed by atoms with Crippen LogP contribution in [-0.2, 0) is 16.6 Å². The molecule has 68 valence electrons. The monoisotopic (exact) mass is 189 g/mol. The van der Waals surface area contributed by atoms with E-state index in [1.807, 2.05) is 6.92 Å². The number of primary sulfonamides is 1. The van der Waals surface area contributed by atoms with E-state index in [0.29, 0.717) is 12.4 Å². The summed E-state index contributed by atoms with van der Waals surface area (Å²) in [5.41, 5.74) is 0. The Bertz CT molecular complexity index is 379. The van der Waals surface area contributed by atoms with Gasteiger partial charge in [0.1, 0.15) is 5.82 Å². The molecule has 0 amide bonds. The van der Waals surface area contributed by atoms with Crippen molar-refractivity contribution in [3.8, 4) is 0 Å². The summed E-state index contributed by atoms with van der Waals surface area (Å²) in [5.74, 6) is 0.654. The van der Waals surface area contributed by atoms with Gasteiger partial charge in [-0.05, 0) is 13.8 Å². The van der Waals surface area contributed by atoms with Crippen LogP contribution in [0.1, 0.15) is 12.7 Å². The molecule has 0 aliphatic rings. The molecule has 6 heteroatoms. The Morgan fingerprint density at radius 3 is 2.50 bits per heavy atom. The van der Waals surface area contributed by atoms with Gasteiger partial charge in [-0.2, -0.15) is 0 Å². The summed E-state index contributed by atoms with van der Waals surface area (Å²) in [6.45, 7) is 4.33. The van der Waals surface area contributed by atoms with Crippen LogP contribution in [0.3, 0.4) is 0 Å². The first kappa shape index (κ1) is 9.21. The summed E-state index contributed by atoms with van der Waals surface area (Å²) in [6.07, 6.45) is 1.44. The molecule has 1 rings (SSSR count). The third-order valence-corrected chi connectivity index (χ3v) is 2.37. The average Bonchev–Trinajstić information content (AvgIpc) is 2.29. The summed E-state index contributed by atoms with van der Waals surface area (Å²) in [4.78, 5) is 3.80. The van der Waals surface area contributed by atoms with Crippen molar-refractivity contribution in [1.29, 1.82) is 0 Å². The second kappa shape index (κ2) is 2.87. The first-order chi connectivity index (χ1) is 5.45. The Labute approximate surface area is 71.3 Å². The number of sulfonamides is 1. The first-order valence-corrected chi connectivity index (χ1v) is 5.06. The summed E-state index contributed by atoms with van der Waals surface area (Å²) in [7, 11) is -3.65. The highest BCUT2D eigenvalue weighted by atomic mass is 32.2. The Morgan fingerprint density at radius 2 is 2.25 bits per heavy atom. The lowest BCUT2D eigenvalue weighted by atomic mass is 10.6. The predicted octanol–water partition coefficient (Wildman–Crippen LogP) is -0.141. The molecule has 0 aromatic carbocycles. The molecule has 0 bridgehead atoms. The highest BCUT2D eigenvalue weighted by Gasteiger charge is 2.12. The average molecular weight is 189 g/mol. The van der Waals surface area contributed by atoms with Crippen molar-refractivity contribution >= 4 is 10.0 Å². The molecule has 0 saturated carbocycles. The van der Waals surface area contributed by atoms with Crippen molar-refractivity contribution in [3.05, 3.63) is 12.0 Å². The molecule has 2 N–H and O–H groups in total. The van der Waals surface area contributed by atoms with Gasteiger partial charge < -0.3 is 4.57 Å². The van der Waals surface area contributed by atoms with Gasteiger partial charge in [0.2, 0.25) is 0 Å². The van der Waals surface area contributed by atoms with Crippen LogP contribution in [0.15, 0.2) is 11.2 Å². The quantitative estimate of drug-likeness (QED) is 0.703. The zero-order valence-electron chi connectivity index (χ0n) is 6.98. The van der Waals surface area contributed by atoms with Crippen LogP contribution in [0.5, 0.6) is 0 Å². The maximum atomic E-state index is 10.8. The minimum Gasteiger partial charge on any atom is -0.334 e. The molecule has 0 spiro atoms. The summed E-state index contributed by atoms with van der Waals surface area (Å²) in [6, 6.07) is 0. The predicted molar refractivity (Wildman–Crippen MR) is 44.0 cm³/mol. The fraction of sp³-hybridized carbons (Fsp3) is 0.500. The molecule has 12 heavy (non-hydrogen) atoms. The van der Waals surface area contributed by atoms with Crippen LogP contribution in [-0.4, -0.2) is 18.0 Å². The summed E-state index contributed by atoms with van der Waals surface area (Å²) >= 11 is 0. The highest BCUT2D eigenvalue weighted by molar-refractivity contribution is 7.89. The standard InChI is InChI=1S/C6H11N3O2S/c1-3-9-4-6(8-5(9)2)12(7,10)11/h4H,3H2,1-2H3,(H2,7,10,11). The smallest absolute Gasteiger partial charge is 0.257 e. The third-order valence-electron chi connectivity index (χ3n) is 1.59.